The Balaban J connectivity index is 2.00. The van der Waals surface area contributed by atoms with Crippen molar-refractivity contribution in [1.82, 2.24) is 9.88 Å². The fourth-order valence-corrected chi connectivity index (χ4v) is 2.36. The number of aromatic nitrogens is 1. The third-order valence-corrected chi connectivity index (χ3v) is 3.57. The number of morpholine rings is 1. The molecule has 4 nitrogen and oxygen atoms in total. The second-order valence-corrected chi connectivity index (χ2v) is 4.53. The van der Waals surface area contributed by atoms with Gasteiger partial charge in [-0.15, -0.1) is 22.9 Å². The summed E-state index contributed by atoms with van der Waals surface area (Å²) in [5, 5.41) is 1.83. The van der Waals surface area contributed by atoms with Crippen LogP contribution in [-0.4, -0.2) is 42.1 Å². The number of rotatable bonds is 2. The Morgan fingerprint density at radius 2 is 2.33 bits per heavy atom. The normalized spacial score (nSPS) is 18.9. The summed E-state index contributed by atoms with van der Waals surface area (Å²) >= 11 is 7.45. The average molecular weight is 247 g/mol. The van der Waals surface area contributed by atoms with Gasteiger partial charge in [-0.05, 0) is 0 Å². The van der Waals surface area contributed by atoms with Gasteiger partial charge in [-0.1, -0.05) is 0 Å². The molecule has 82 valence electrons. The van der Waals surface area contributed by atoms with Crippen LogP contribution in [0.25, 0.3) is 0 Å². The van der Waals surface area contributed by atoms with Gasteiger partial charge >= 0.3 is 0 Å². The Hall–Kier alpha value is -0.650. The zero-order valence-corrected chi connectivity index (χ0v) is 9.63. The van der Waals surface area contributed by atoms with Crippen LogP contribution in [0.2, 0.25) is 0 Å². The van der Waals surface area contributed by atoms with E-state index < -0.39 is 5.38 Å². The summed E-state index contributed by atoms with van der Waals surface area (Å²) in [4.78, 5) is 17.7. The van der Waals surface area contributed by atoms with E-state index in [9.17, 15) is 4.79 Å². The zero-order valence-electron chi connectivity index (χ0n) is 8.06. The van der Waals surface area contributed by atoms with Crippen LogP contribution in [0.1, 0.15) is 10.4 Å². The molecule has 0 saturated carbocycles. The van der Waals surface area contributed by atoms with Crippen molar-refractivity contribution in [2.45, 2.75) is 5.38 Å². The first-order valence-corrected chi connectivity index (χ1v) is 6.00. The molecule has 2 rings (SSSR count). The molecule has 1 fully saturated rings. The summed E-state index contributed by atoms with van der Waals surface area (Å²) in [6.45, 7) is 2.42. The van der Waals surface area contributed by atoms with Crippen LogP contribution in [-0.2, 0) is 9.53 Å². The predicted octanol–water partition coefficient (Wildman–Crippen LogP) is 1.28. The van der Waals surface area contributed by atoms with Crippen molar-refractivity contribution in [3.8, 4) is 0 Å². The van der Waals surface area contributed by atoms with Gasteiger partial charge in [-0.2, -0.15) is 0 Å². The average Bonchev–Trinajstić information content (AvgIpc) is 2.82. The van der Waals surface area contributed by atoms with Gasteiger partial charge in [-0.25, -0.2) is 4.98 Å². The van der Waals surface area contributed by atoms with E-state index in [4.69, 9.17) is 16.3 Å². The van der Waals surface area contributed by atoms with Crippen molar-refractivity contribution in [1.29, 1.82) is 0 Å². The molecule has 1 aliphatic heterocycles. The highest BCUT2D eigenvalue weighted by Gasteiger charge is 2.26. The van der Waals surface area contributed by atoms with E-state index in [-0.39, 0.29) is 5.91 Å². The van der Waals surface area contributed by atoms with Crippen molar-refractivity contribution < 1.29 is 9.53 Å². The summed E-state index contributed by atoms with van der Waals surface area (Å²) in [5.41, 5.74) is 0. The van der Waals surface area contributed by atoms with Crippen LogP contribution in [0.5, 0.6) is 0 Å². The molecule has 0 radical (unpaired) electrons. The van der Waals surface area contributed by atoms with E-state index >= 15 is 0 Å². The highest BCUT2D eigenvalue weighted by molar-refractivity contribution is 7.10. The lowest BCUT2D eigenvalue weighted by atomic mass is 10.3. The molecule has 1 aromatic rings. The lowest BCUT2D eigenvalue weighted by Gasteiger charge is -2.28. The van der Waals surface area contributed by atoms with Gasteiger partial charge in [0.2, 0.25) is 5.91 Å². The molecular formula is C9H11ClN2O2S. The van der Waals surface area contributed by atoms with Crippen LogP contribution in [0.4, 0.5) is 0 Å². The smallest absolute Gasteiger partial charge is 0.247 e. The molecular weight excluding hydrogens is 236 g/mol. The highest BCUT2D eigenvalue weighted by Crippen LogP contribution is 2.24. The highest BCUT2D eigenvalue weighted by atomic mass is 35.5. The monoisotopic (exact) mass is 246 g/mol. The molecule has 2 heterocycles. The van der Waals surface area contributed by atoms with E-state index in [2.05, 4.69) is 4.98 Å². The molecule has 0 aliphatic carbocycles. The first-order valence-electron chi connectivity index (χ1n) is 4.69. The Kier molecular flexibility index (Phi) is 3.56. The number of thiazole rings is 1. The minimum atomic E-state index is -0.650. The first-order chi connectivity index (χ1) is 7.29. The third-order valence-electron chi connectivity index (χ3n) is 2.21. The van der Waals surface area contributed by atoms with Crippen LogP contribution < -0.4 is 0 Å². The van der Waals surface area contributed by atoms with Crippen LogP contribution in [0, 0.1) is 0 Å². The summed E-state index contributed by atoms with van der Waals surface area (Å²) in [5.74, 6) is -0.0742. The quantitative estimate of drug-likeness (QED) is 0.739. The summed E-state index contributed by atoms with van der Waals surface area (Å²) in [7, 11) is 0. The van der Waals surface area contributed by atoms with Crippen molar-refractivity contribution in [3.05, 3.63) is 16.6 Å². The molecule has 1 aliphatic rings. The second-order valence-electron chi connectivity index (χ2n) is 3.17. The number of nitrogens with zero attached hydrogens (tertiary/aromatic N) is 2. The fourth-order valence-electron chi connectivity index (χ4n) is 1.41. The van der Waals surface area contributed by atoms with Crippen LogP contribution in [0.3, 0.4) is 0 Å². The Bertz CT molecular complexity index is 325. The van der Waals surface area contributed by atoms with Gasteiger partial charge in [0, 0.05) is 24.7 Å². The maximum absolute atomic E-state index is 11.9. The number of amides is 1. The SMILES string of the molecule is O=C(C(Cl)c1nccs1)N1CCOCC1. The number of alkyl halides is 1. The molecule has 1 amide bonds. The molecule has 15 heavy (non-hydrogen) atoms. The molecule has 0 bridgehead atoms. The van der Waals surface area contributed by atoms with Crippen molar-refractivity contribution >= 4 is 28.8 Å². The topological polar surface area (TPSA) is 42.4 Å². The Morgan fingerprint density at radius 3 is 2.93 bits per heavy atom. The Labute approximate surface area is 96.8 Å². The molecule has 0 N–H and O–H groups in total. The number of carbonyl (C=O) groups is 1. The number of hydrogen-bond acceptors (Lipinski definition) is 4. The number of hydrogen-bond donors (Lipinski definition) is 0. The minimum absolute atomic E-state index is 0.0742. The van der Waals surface area contributed by atoms with E-state index in [0.717, 1.165) is 0 Å². The number of halogens is 1. The lowest BCUT2D eigenvalue weighted by Crippen LogP contribution is -2.42. The van der Waals surface area contributed by atoms with E-state index in [1.807, 2.05) is 5.38 Å². The summed E-state index contributed by atoms with van der Waals surface area (Å²) in [6, 6.07) is 0. The van der Waals surface area contributed by atoms with Crippen molar-refractivity contribution in [3.63, 3.8) is 0 Å². The van der Waals surface area contributed by atoms with E-state index in [1.54, 1.807) is 11.1 Å². The van der Waals surface area contributed by atoms with Gasteiger partial charge in [0.25, 0.3) is 0 Å². The molecule has 0 spiro atoms. The van der Waals surface area contributed by atoms with Gasteiger partial charge in [-0.3, -0.25) is 4.79 Å². The minimum Gasteiger partial charge on any atom is -0.378 e. The van der Waals surface area contributed by atoms with Crippen LogP contribution in [0.15, 0.2) is 11.6 Å². The fraction of sp³-hybridized carbons (Fsp3) is 0.556. The largest absolute Gasteiger partial charge is 0.378 e. The molecule has 1 atom stereocenters. The van der Waals surface area contributed by atoms with Crippen LogP contribution >= 0.6 is 22.9 Å². The second kappa shape index (κ2) is 4.92. The predicted molar refractivity (Wildman–Crippen MR) is 58.1 cm³/mol. The van der Waals surface area contributed by atoms with E-state index in [0.29, 0.717) is 31.3 Å². The summed E-state index contributed by atoms with van der Waals surface area (Å²) in [6.07, 6.45) is 1.65. The zero-order chi connectivity index (χ0) is 10.7. The maximum Gasteiger partial charge on any atom is 0.247 e. The van der Waals surface area contributed by atoms with Crippen molar-refractivity contribution in [2.24, 2.45) is 0 Å². The third kappa shape index (κ3) is 2.48. The number of ether oxygens (including phenoxy) is 1. The van der Waals surface area contributed by atoms with Gasteiger partial charge in [0.05, 0.1) is 13.2 Å². The maximum atomic E-state index is 11.9. The van der Waals surface area contributed by atoms with Gasteiger partial charge in [0.15, 0.2) is 5.38 Å². The summed E-state index contributed by atoms with van der Waals surface area (Å²) < 4.78 is 5.17. The number of carbonyl (C=O) groups excluding carboxylic acids is 1. The first kappa shape index (κ1) is 10.9. The molecule has 6 heteroatoms. The lowest BCUT2D eigenvalue weighted by molar-refractivity contribution is -0.134. The van der Waals surface area contributed by atoms with E-state index in [1.165, 1.54) is 11.3 Å². The van der Waals surface area contributed by atoms with Gasteiger partial charge < -0.3 is 9.64 Å². The molecule has 1 unspecified atom stereocenters. The molecule has 1 aromatic heterocycles. The molecule has 0 aromatic carbocycles. The molecule has 1 saturated heterocycles. The Morgan fingerprint density at radius 1 is 1.60 bits per heavy atom. The van der Waals surface area contributed by atoms with Crippen molar-refractivity contribution in [2.75, 3.05) is 26.3 Å². The standard InChI is InChI=1S/C9H11ClN2O2S/c10-7(8-11-1-6-15-8)9(13)12-2-4-14-5-3-12/h1,6-7H,2-5H2. The van der Waals surface area contributed by atoms with Gasteiger partial charge in [0.1, 0.15) is 5.01 Å².